The van der Waals surface area contributed by atoms with Crippen LogP contribution in [-0.2, 0) is 6.42 Å². The summed E-state index contributed by atoms with van der Waals surface area (Å²) in [5.74, 6) is 0. The lowest BCUT2D eigenvalue weighted by Crippen LogP contribution is -2.22. The topological polar surface area (TPSA) is 105 Å². The Kier molecular flexibility index (Phi) is 5.83. The number of hydrogen-bond acceptors (Lipinski definition) is 9. The largest absolute Gasteiger partial charge is 0.422 e. The lowest BCUT2D eigenvalue weighted by atomic mass is 10.1. The summed E-state index contributed by atoms with van der Waals surface area (Å²) in [6, 6.07) is 5.38. The molecule has 0 radical (unpaired) electrons. The van der Waals surface area contributed by atoms with Gasteiger partial charge in [0.05, 0.1) is 11.0 Å². The van der Waals surface area contributed by atoms with Crippen LogP contribution in [-0.4, -0.2) is 18.1 Å². The molecule has 10 heteroatoms. The van der Waals surface area contributed by atoms with Crippen molar-refractivity contribution in [2.75, 3.05) is 18.0 Å². The molecule has 1 aliphatic carbocycles. The summed E-state index contributed by atoms with van der Waals surface area (Å²) >= 11 is 1.37. The monoisotopic (exact) mass is 442 g/mol. The fraction of sp³-hybridized carbons (Fsp3) is 0.300. The molecule has 1 aromatic carbocycles. The number of nitroso groups, excluding NO2 is 2. The molecular formula is C20H19N4O4PS. The summed E-state index contributed by atoms with van der Waals surface area (Å²) in [5, 5.41) is 1.11. The van der Waals surface area contributed by atoms with Gasteiger partial charge in [0.2, 0.25) is 0 Å². The van der Waals surface area contributed by atoms with Gasteiger partial charge in [-0.2, -0.15) is 0 Å². The number of allylic oxidation sites excluding steroid dienone is 1. The molecule has 0 N–H and O–H groups in total. The van der Waals surface area contributed by atoms with Gasteiger partial charge in [-0.05, 0) is 54.8 Å². The summed E-state index contributed by atoms with van der Waals surface area (Å²) in [6.07, 6.45) is 5.67. The summed E-state index contributed by atoms with van der Waals surface area (Å²) in [6.45, 7) is 5.63. The molecule has 1 aliphatic rings. The van der Waals surface area contributed by atoms with Gasteiger partial charge in [-0.1, -0.05) is 6.08 Å². The number of nitrogens with zero attached hydrogens (tertiary/aromatic N) is 4. The Hall–Kier alpha value is -2.77. The fourth-order valence-corrected chi connectivity index (χ4v) is 5.81. The minimum absolute atomic E-state index is 0.108. The van der Waals surface area contributed by atoms with Gasteiger partial charge < -0.3 is 9.32 Å². The lowest BCUT2D eigenvalue weighted by Gasteiger charge is -2.21. The van der Waals surface area contributed by atoms with Crippen molar-refractivity contribution in [3.63, 3.8) is 0 Å². The molecule has 8 nitrogen and oxygen atoms in total. The lowest BCUT2D eigenvalue weighted by molar-refractivity contribution is 0.564. The zero-order valence-corrected chi connectivity index (χ0v) is 18.2. The number of aryl methyl sites for hydroxylation is 1. The first-order valence-electron chi connectivity index (χ1n) is 9.60. The molecule has 0 atom stereocenters. The van der Waals surface area contributed by atoms with Crippen LogP contribution in [0.1, 0.15) is 30.8 Å². The normalized spacial score (nSPS) is 12.9. The molecule has 0 bridgehead atoms. The van der Waals surface area contributed by atoms with Crippen molar-refractivity contribution in [3.8, 4) is 10.6 Å². The minimum atomic E-state index is -2.32. The molecule has 154 valence electrons. The molecule has 0 fully saturated rings. The van der Waals surface area contributed by atoms with E-state index in [0.717, 1.165) is 42.2 Å². The van der Waals surface area contributed by atoms with Crippen LogP contribution >= 0.6 is 19.6 Å². The van der Waals surface area contributed by atoms with E-state index >= 15 is 0 Å². The molecule has 3 aromatic rings. The molecule has 2 heterocycles. The van der Waals surface area contributed by atoms with E-state index in [0.29, 0.717) is 16.0 Å². The van der Waals surface area contributed by atoms with E-state index in [1.807, 2.05) is 32.1 Å². The highest BCUT2D eigenvalue weighted by molar-refractivity contribution is 7.63. The number of aromatic nitrogens is 1. The molecule has 4 rings (SSSR count). The van der Waals surface area contributed by atoms with Crippen LogP contribution in [0, 0.1) is 9.81 Å². The van der Waals surface area contributed by atoms with Gasteiger partial charge in [-0.25, -0.2) is 9.78 Å². The van der Waals surface area contributed by atoms with Crippen LogP contribution in [0.25, 0.3) is 27.6 Å². The first-order chi connectivity index (χ1) is 14.6. The number of anilines is 1. The highest BCUT2D eigenvalue weighted by atomic mass is 32.1. The maximum atomic E-state index is 13.0. The smallest absolute Gasteiger partial charge is 0.347 e. The van der Waals surface area contributed by atoms with Crippen molar-refractivity contribution in [1.29, 1.82) is 0 Å². The van der Waals surface area contributed by atoms with E-state index in [1.54, 1.807) is 12.1 Å². The third-order valence-electron chi connectivity index (χ3n) is 5.10. The Bertz CT molecular complexity index is 1210. The van der Waals surface area contributed by atoms with E-state index in [2.05, 4.69) is 19.8 Å². The SMILES string of the molecule is CCN(CC)c1ccc2c(P(N=O)N=O)c(-c3nc4c(s3)CCC=C4)c(=O)oc2c1. The summed E-state index contributed by atoms with van der Waals surface area (Å²) in [4.78, 5) is 49.5. The summed E-state index contributed by atoms with van der Waals surface area (Å²) < 4.78 is 5.63. The van der Waals surface area contributed by atoms with Crippen molar-refractivity contribution in [1.82, 2.24) is 4.98 Å². The van der Waals surface area contributed by atoms with Crippen LogP contribution in [0.2, 0.25) is 0 Å². The Morgan fingerprint density at radius 3 is 2.67 bits per heavy atom. The molecule has 0 amide bonds. The molecule has 0 unspecified atom stereocenters. The maximum Gasteiger partial charge on any atom is 0.347 e. The van der Waals surface area contributed by atoms with Crippen LogP contribution in [0.4, 0.5) is 5.69 Å². The molecule has 0 spiro atoms. The van der Waals surface area contributed by atoms with Gasteiger partial charge in [-0.3, -0.25) is 0 Å². The average Bonchev–Trinajstić information content (AvgIpc) is 3.18. The van der Waals surface area contributed by atoms with Crippen LogP contribution in [0.3, 0.4) is 0 Å². The molecule has 0 saturated heterocycles. The number of benzene rings is 1. The number of fused-ring (bicyclic) bond motifs is 2. The first-order valence-corrected chi connectivity index (χ1v) is 11.7. The molecule has 0 aliphatic heterocycles. The highest BCUT2D eigenvalue weighted by Crippen LogP contribution is 2.43. The van der Waals surface area contributed by atoms with Crippen LogP contribution in [0.15, 0.2) is 43.4 Å². The van der Waals surface area contributed by atoms with Crippen molar-refractivity contribution < 1.29 is 4.42 Å². The Morgan fingerprint density at radius 2 is 2.00 bits per heavy atom. The van der Waals surface area contributed by atoms with E-state index < -0.39 is 13.8 Å². The third kappa shape index (κ3) is 3.48. The highest BCUT2D eigenvalue weighted by Gasteiger charge is 2.29. The number of rotatable bonds is 7. The van der Waals surface area contributed by atoms with E-state index in [-0.39, 0.29) is 10.9 Å². The van der Waals surface area contributed by atoms with Gasteiger partial charge in [0.25, 0.3) is 8.22 Å². The second-order valence-electron chi connectivity index (χ2n) is 6.69. The van der Waals surface area contributed by atoms with Crippen molar-refractivity contribution >= 4 is 47.6 Å². The van der Waals surface area contributed by atoms with E-state index in [4.69, 9.17) is 4.42 Å². The Morgan fingerprint density at radius 1 is 1.23 bits per heavy atom. The molecular weight excluding hydrogens is 423 g/mol. The number of hydrogen-bond donors (Lipinski definition) is 0. The first kappa shape index (κ1) is 20.5. The van der Waals surface area contributed by atoms with E-state index in [1.165, 1.54) is 11.3 Å². The second kappa shape index (κ2) is 8.53. The average molecular weight is 442 g/mol. The van der Waals surface area contributed by atoms with E-state index in [9.17, 15) is 14.6 Å². The Balaban J connectivity index is 2.00. The van der Waals surface area contributed by atoms with Crippen molar-refractivity contribution in [2.24, 2.45) is 9.89 Å². The standard InChI is InChI=1S/C20H19N4O4PS/c1-3-24(4-2)12-9-10-13-15(11-12)28-20(25)17(18(13)29(22-26)23-27)19-21-14-7-5-6-8-16(14)30-19/h5,7,9-11H,3-4,6,8H2,1-2H3. The number of thiazole rings is 1. The van der Waals surface area contributed by atoms with Crippen molar-refractivity contribution in [3.05, 3.63) is 55.1 Å². The van der Waals surface area contributed by atoms with Gasteiger partial charge in [-0.15, -0.1) is 21.2 Å². The van der Waals surface area contributed by atoms with Crippen LogP contribution in [0.5, 0.6) is 0 Å². The molecule has 2 aromatic heterocycles. The quantitative estimate of drug-likeness (QED) is 0.283. The molecule has 0 saturated carbocycles. The van der Waals surface area contributed by atoms with Gasteiger partial charge in [0.1, 0.15) is 16.2 Å². The second-order valence-corrected chi connectivity index (χ2v) is 9.12. The van der Waals surface area contributed by atoms with Gasteiger partial charge >= 0.3 is 5.63 Å². The minimum Gasteiger partial charge on any atom is -0.422 e. The molecule has 30 heavy (non-hydrogen) atoms. The maximum absolute atomic E-state index is 13.0. The predicted molar refractivity (Wildman–Crippen MR) is 123 cm³/mol. The zero-order chi connectivity index (χ0) is 21.3. The fourth-order valence-electron chi connectivity index (χ4n) is 3.64. The van der Waals surface area contributed by atoms with Gasteiger partial charge in [0.15, 0.2) is 0 Å². The third-order valence-corrected chi connectivity index (χ3v) is 7.42. The predicted octanol–water partition coefficient (Wildman–Crippen LogP) is 5.19. The zero-order valence-electron chi connectivity index (χ0n) is 16.5. The van der Waals surface area contributed by atoms with Crippen LogP contribution < -0.4 is 15.8 Å². The van der Waals surface area contributed by atoms with Gasteiger partial charge in [0, 0.05) is 35.1 Å². The van der Waals surface area contributed by atoms with Crippen molar-refractivity contribution in [2.45, 2.75) is 26.7 Å². The Labute approximate surface area is 177 Å². The summed E-state index contributed by atoms with van der Waals surface area (Å²) in [5.41, 5.74) is 1.43. The summed E-state index contributed by atoms with van der Waals surface area (Å²) in [7, 11) is -2.32.